The van der Waals surface area contributed by atoms with Gasteiger partial charge < -0.3 is 20.1 Å². The summed E-state index contributed by atoms with van der Waals surface area (Å²) in [6.45, 7) is 5.49. The van der Waals surface area contributed by atoms with E-state index in [0.717, 1.165) is 5.75 Å². The lowest BCUT2D eigenvalue weighted by molar-refractivity contribution is -0.126. The number of hydrogen-bond donors (Lipinski definition) is 2. The van der Waals surface area contributed by atoms with Crippen LogP contribution in [0.5, 0.6) is 5.75 Å². The first kappa shape index (κ1) is 15.8. The Labute approximate surface area is 126 Å². The molecule has 3 atom stereocenters. The minimum atomic E-state index is -0.128. The second kappa shape index (κ2) is 7.43. The molecule has 1 aromatic carbocycles. The van der Waals surface area contributed by atoms with Crippen LogP contribution in [0.3, 0.4) is 0 Å². The Kier molecular flexibility index (Phi) is 5.59. The summed E-state index contributed by atoms with van der Waals surface area (Å²) >= 11 is 0. The van der Waals surface area contributed by atoms with Gasteiger partial charge in [0.2, 0.25) is 5.91 Å². The number of ether oxygens (including phenoxy) is 2. The quantitative estimate of drug-likeness (QED) is 0.825. The van der Waals surface area contributed by atoms with Gasteiger partial charge >= 0.3 is 0 Å². The molecule has 1 saturated heterocycles. The fraction of sp³-hybridized carbons (Fsp3) is 0.562. The minimum Gasteiger partial charge on any atom is -0.491 e. The maximum atomic E-state index is 12.2. The highest BCUT2D eigenvalue weighted by Gasteiger charge is 2.33. The molecule has 0 spiro atoms. The van der Waals surface area contributed by atoms with Crippen molar-refractivity contribution >= 4 is 5.91 Å². The van der Waals surface area contributed by atoms with Crippen molar-refractivity contribution in [2.24, 2.45) is 5.92 Å². The molecular weight excluding hydrogens is 268 g/mol. The average molecular weight is 292 g/mol. The Bertz CT molecular complexity index is 461. The highest BCUT2D eigenvalue weighted by atomic mass is 16.5. The van der Waals surface area contributed by atoms with Gasteiger partial charge in [0.1, 0.15) is 12.4 Å². The molecule has 0 bridgehead atoms. The van der Waals surface area contributed by atoms with Crippen molar-refractivity contribution in [2.45, 2.75) is 25.9 Å². The van der Waals surface area contributed by atoms with Gasteiger partial charge in [0.05, 0.1) is 25.2 Å². The van der Waals surface area contributed by atoms with Crippen molar-refractivity contribution in [3.63, 3.8) is 0 Å². The second-order valence-electron chi connectivity index (χ2n) is 5.57. The summed E-state index contributed by atoms with van der Waals surface area (Å²) in [5.74, 6) is 0.711. The number of rotatable bonds is 6. The molecule has 0 aromatic heterocycles. The number of carbonyl (C=O) groups excluding carboxylic acids is 1. The third-order valence-corrected chi connectivity index (χ3v) is 3.70. The highest BCUT2D eigenvalue weighted by Crippen LogP contribution is 2.14. The zero-order valence-electron chi connectivity index (χ0n) is 12.9. The Morgan fingerprint density at radius 3 is 2.76 bits per heavy atom. The van der Waals surface area contributed by atoms with Crippen LogP contribution in [0.1, 0.15) is 12.5 Å². The monoisotopic (exact) mass is 292 g/mol. The number of hydrogen-bond acceptors (Lipinski definition) is 4. The molecule has 0 radical (unpaired) electrons. The summed E-state index contributed by atoms with van der Waals surface area (Å²) in [4.78, 5) is 12.2. The SMILES string of the molecule is CNC1COCC1C(=O)NC(C)COc1ccc(C)cc1. The van der Waals surface area contributed by atoms with Gasteiger partial charge in [0.15, 0.2) is 0 Å². The Morgan fingerprint density at radius 2 is 2.10 bits per heavy atom. The van der Waals surface area contributed by atoms with Gasteiger partial charge in [0, 0.05) is 6.04 Å². The number of benzene rings is 1. The van der Waals surface area contributed by atoms with Gasteiger partial charge in [0.25, 0.3) is 0 Å². The zero-order chi connectivity index (χ0) is 15.2. The summed E-state index contributed by atoms with van der Waals surface area (Å²) in [5.41, 5.74) is 1.20. The van der Waals surface area contributed by atoms with E-state index in [1.807, 2.05) is 45.2 Å². The van der Waals surface area contributed by atoms with Crippen molar-refractivity contribution in [2.75, 3.05) is 26.9 Å². The molecule has 2 rings (SSSR count). The highest BCUT2D eigenvalue weighted by molar-refractivity contribution is 5.80. The standard InChI is InChI=1S/C16H24N2O3/c1-11-4-6-13(7-5-11)21-8-12(2)18-16(19)14-9-20-10-15(14)17-3/h4-7,12,14-15,17H,8-10H2,1-3H3,(H,18,19). The first-order chi connectivity index (χ1) is 10.1. The second-order valence-corrected chi connectivity index (χ2v) is 5.57. The molecule has 2 N–H and O–H groups in total. The van der Waals surface area contributed by atoms with Gasteiger partial charge in [-0.05, 0) is 33.0 Å². The number of carbonyl (C=O) groups is 1. The molecule has 1 aliphatic heterocycles. The van der Waals surface area contributed by atoms with Crippen LogP contribution in [0.4, 0.5) is 0 Å². The zero-order valence-corrected chi connectivity index (χ0v) is 12.9. The molecule has 21 heavy (non-hydrogen) atoms. The molecule has 5 nitrogen and oxygen atoms in total. The van der Waals surface area contributed by atoms with Crippen LogP contribution in [0.15, 0.2) is 24.3 Å². The largest absolute Gasteiger partial charge is 0.491 e. The third kappa shape index (κ3) is 4.44. The van der Waals surface area contributed by atoms with Gasteiger partial charge in [-0.1, -0.05) is 17.7 Å². The summed E-state index contributed by atoms with van der Waals surface area (Å²) in [6.07, 6.45) is 0. The number of aryl methyl sites for hydroxylation is 1. The van der Waals surface area contributed by atoms with E-state index in [2.05, 4.69) is 10.6 Å². The molecule has 1 aliphatic rings. The van der Waals surface area contributed by atoms with E-state index >= 15 is 0 Å². The lowest BCUT2D eigenvalue weighted by atomic mass is 10.0. The van der Waals surface area contributed by atoms with Gasteiger partial charge in [-0.15, -0.1) is 0 Å². The molecule has 5 heteroatoms. The number of likely N-dealkylation sites (N-methyl/N-ethyl adjacent to an activating group) is 1. The predicted molar refractivity (Wildman–Crippen MR) is 81.4 cm³/mol. The van der Waals surface area contributed by atoms with Crippen LogP contribution in [0.2, 0.25) is 0 Å². The topological polar surface area (TPSA) is 59.6 Å². The van der Waals surface area contributed by atoms with Crippen LogP contribution in [0.25, 0.3) is 0 Å². The fourth-order valence-corrected chi connectivity index (χ4v) is 2.34. The molecule has 116 valence electrons. The van der Waals surface area contributed by atoms with E-state index in [1.165, 1.54) is 5.56 Å². The maximum absolute atomic E-state index is 12.2. The van der Waals surface area contributed by atoms with Gasteiger partial charge in [-0.3, -0.25) is 4.79 Å². The molecule has 3 unspecified atom stereocenters. The van der Waals surface area contributed by atoms with E-state index in [0.29, 0.717) is 19.8 Å². The fourth-order valence-electron chi connectivity index (χ4n) is 2.34. The number of nitrogens with one attached hydrogen (secondary N) is 2. The third-order valence-electron chi connectivity index (χ3n) is 3.70. The van der Waals surface area contributed by atoms with Crippen molar-refractivity contribution in [3.8, 4) is 5.75 Å². The summed E-state index contributed by atoms with van der Waals surface area (Å²) < 4.78 is 11.0. The van der Waals surface area contributed by atoms with Crippen LogP contribution < -0.4 is 15.4 Å². The molecule has 1 fully saturated rings. The van der Waals surface area contributed by atoms with Crippen LogP contribution >= 0.6 is 0 Å². The first-order valence-corrected chi connectivity index (χ1v) is 7.35. The average Bonchev–Trinajstić information content (AvgIpc) is 2.95. The molecule has 0 aliphatic carbocycles. The maximum Gasteiger partial charge on any atom is 0.227 e. The summed E-state index contributed by atoms with van der Waals surface area (Å²) in [5, 5.41) is 6.10. The van der Waals surface area contributed by atoms with E-state index in [9.17, 15) is 4.79 Å². The van der Waals surface area contributed by atoms with Crippen molar-refractivity contribution in [1.82, 2.24) is 10.6 Å². The molecule has 1 heterocycles. The molecule has 1 amide bonds. The lowest BCUT2D eigenvalue weighted by Gasteiger charge is -2.20. The van der Waals surface area contributed by atoms with Crippen LogP contribution in [-0.4, -0.2) is 44.9 Å². The normalized spacial score (nSPS) is 22.8. The number of amides is 1. The first-order valence-electron chi connectivity index (χ1n) is 7.35. The summed E-state index contributed by atoms with van der Waals surface area (Å²) in [6, 6.07) is 7.93. The smallest absolute Gasteiger partial charge is 0.227 e. The summed E-state index contributed by atoms with van der Waals surface area (Å²) in [7, 11) is 1.85. The van der Waals surface area contributed by atoms with Crippen molar-refractivity contribution in [3.05, 3.63) is 29.8 Å². The van der Waals surface area contributed by atoms with Crippen molar-refractivity contribution < 1.29 is 14.3 Å². The lowest BCUT2D eigenvalue weighted by Crippen LogP contribution is -2.46. The van der Waals surface area contributed by atoms with Crippen LogP contribution in [-0.2, 0) is 9.53 Å². The van der Waals surface area contributed by atoms with E-state index < -0.39 is 0 Å². The van der Waals surface area contributed by atoms with Crippen molar-refractivity contribution in [1.29, 1.82) is 0 Å². The Hall–Kier alpha value is -1.59. The minimum absolute atomic E-state index is 0.0202. The Balaban J connectivity index is 1.77. The predicted octanol–water partition coefficient (Wildman–Crippen LogP) is 1.11. The molecular formula is C16H24N2O3. The molecule has 0 saturated carbocycles. The van der Waals surface area contributed by atoms with Gasteiger partial charge in [-0.25, -0.2) is 0 Å². The van der Waals surface area contributed by atoms with E-state index in [1.54, 1.807) is 0 Å². The Morgan fingerprint density at radius 1 is 1.38 bits per heavy atom. The molecule has 1 aromatic rings. The van der Waals surface area contributed by atoms with Gasteiger partial charge in [-0.2, -0.15) is 0 Å². The van der Waals surface area contributed by atoms with E-state index in [-0.39, 0.29) is 23.9 Å². The van der Waals surface area contributed by atoms with E-state index in [4.69, 9.17) is 9.47 Å². The van der Waals surface area contributed by atoms with Crippen LogP contribution in [0, 0.1) is 12.8 Å².